The summed E-state index contributed by atoms with van der Waals surface area (Å²) in [6.07, 6.45) is 0.674. The average Bonchev–Trinajstić information content (AvgIpc) is 3.25. The van der Waals surface area contributed by atoms with Gasteiger partial charge in [0.05, 0.1) is 30.4 Å². The van der Waals surface area contributed by atoms with Crippen molar-refractivity contribution in [3.8, 4) is 5.75 Å². The lowest BCUT2D eigenvalue weighted by molar-refractivity contribution is -0.133. The van der Waals surface area contributed by atoms with E-state index >= 15 is 0 Å². The minimum Gasteiger partial charge on any atom is -0.487 e. The van der Waals surface area contributed by atoms with Crippen molar-refractivity contribution in [2.45, 2.75) is 51.5 Å². The van der Waals surface area contributed by atoms with E-state index in [1.54, 1.807) is 17.0 Å². The van der Waals surface area contributed by atoms with Gasteiger partial charge in [-0.2, -0.15) is 0 Å². The summed E-state index contributed by atoms with van der Waals surface area (Å²) in [5.74, 6) is 0.267. The second-order valence-corrected chi connectivity index (χ2v) is 8.32. The number of ketones is 2. The van der Waals surface area contributed by atoms with Crippen LogP contribution in [0.1, 0.15) is 52.1 Å². The third-order valence-corrected chi connectivity index (χ3v) is 6.13. The number of Topliss-reactive ketones (excluding diaryl/α,β-unsaturated/α-hetero) is 2. The van der Waals surface area contributed by atoms with Gasteiger partial charge in [0, 0.05) is 30.6 Å². The van der Waals surface area contributed by atoms with Crippen molar-refractivity contribution in [2.75, 3.05) is 7.05 Å². The number of aromatic nitrogens is 1. The molecule has 7 heteroatoms. The zero-order valence-electron chi connectivity index (χ0n) is 16.9. The van der Waals surface area contributed by atoms with Crippen molar-refractivity contribution < 1.29 is 19.1 Å². The maximum Gasteiger partial charge on any atom is 0.255 e. The van der Waals surface area contributed by atoms with E-state index in [2.05, 4.69) is 18.0 Å². The first-order chi connectivity index (χ1) is 14.5. The zero-order chi connectivity index (χ0) is 20.8. The molecule has 0 spiro atoms. The summed E-state index contributed by atoms with van der Waals surface area (Å²) in [5, 5.41) is 0. The first kappa shape index (κ1) is 18.9. The first-order valence-electron chi connectivity index (χ1n) is 10.3. The van der Waals surface area contributed by atoms with E-state index in [1.807, 2.05) is 12.1 Å². The number of nitrogens with zero attached hydrogens (tertiary/aromatic N) is 3. The fourth-order valence-corrected chi connectivity index (χ4v) is 4.59. The maximum absolute atomic E-state index is 12.9. The van der Waals surface area contributed by atoms with Crippen molar-refractivity contribution in [1.82, 2.24) is 14.8 Å². The molecule has 1 unspecified atom stereocenters. The quantitative estimate of drug-likeness (QED) is 0.726. The minimum atomic E-state index is -0.522. The van der Waals surface area contributed by atoms with Crippen LogP contribution in [-0.2, 0) is 35.8 Å². The molecular formula is C23H23N3O4. The van der Waals surface area contributed by atoms with Gasteiger partial charge in [-0.05, 0) is 37.2 Å². The van der Waals surface area contributed by atoms with Crippen LogP contribution in [0.4, 0.5) is 0 Å². The zero-order valence-corrected chi connectivity index (χ0v) is 16.9. The lowest BCUT2D eigenvalue weighted by Gasteiger charge is -2.29. The highest BCUT2D eigenvalue weighted by Gasteiger charge is 2.40. The molecule has 0 N–H and O–H groups in total. The predicted molar refractivity (Wildman–Crippen MR) is 108 cm³/mol. The number of benzene rings is 1. The number of amides is 1. The molecule has 1 aliphatic carbocycles. The highest BCUT2D eigenvalue weighted by Crippen LogP contribution is 2.34. The van der Waals surface area contributed by atoms with Crippen molar-refractivity contribution in [2.24, 2.45) is 0 Å². The Bertz CT molecular complexity index is 1060. The highest BCUT2D eigenvalue weighted by atomic mass is 16.5. The van der Waals surface area contributed by atoms with Gasteiger partial charge in [-0.25, -0.2) is 0 Å². The van der Waals surface area contributed by atoms with Crippen molar-refractivity contribution in [3.05, 3.63) is 58.4 Å². The Labute approximate surface area is 174 Å². The second-order valence-electron chi connectivity index (χ2n) is 8.32. The summed E-state index contributed by atoms with van der Waals surface area (Å²) in [7, 11) is 2.07. The van der Waals surface area contributed by atoms with Crippen molar-refractivity contribution >= 4 is 17.5 Å². The molecule has 3 heterocycles. The van der Waals surface area contributed by atoms with E-state index in [0.29, 0.717) is 37.3 Å². The van der Waals surface area contributed by atoms with E-state index in [1.165, 1.54) is 5.56 Å². The van der Waals surface area contributed by atoms with Crippen LogP contribution in [0.15, 0.2) is 30.3 Å². The second kappa shape index (κ2) is 7.32. The van der Waals surface area contributed by atoms with Gasteiger partial charge in [0.25, 0.3) is 5.91 Å². The molecule has 1 saturated carbocycles. The molecule has 154 valence electrons. The Kier molecular flexibility index (Phi) is 4.62. The predicted octanol–water partition coefficient (Wildman–Crippen LogP) is 2.25. The Morgan fingerprint density at radius 1 is 1.10 bits per heavy atom. The molecule has 1 aromatic heterocycles. The molecular weight excluding hydrogens is 382 g/mol. The van der Waals surface area contributed by atoms with E-state index in [-0.39, 0.29) is 23.9 Å². The van der Waals surface area contributed by atoms with Crippen LogP contribution in [0.5, 0.6) is 5.75 Å². The molecule has 2 aliphatic heterocycles. The lowest BCUT2D eigenvalue weighted by atomic mass is 9.92. The largest absolute Gasteiger partial charge is 0.487 e. The summed E-state index contributed by atoms with van der Waals surface area (Å²) >= 11 is 0. The molecule has 7 nitrogen and oxygen atoms in total. The van der Waals surface area contributed by atoms with Crippen molar-refractivity contribution in [3.63, 3.8) is 0 Å². The molecule has 5 rings (SSSR count). The Balaban J connectivity index is 1.33. The van der Waals surface area contributed by atoms with Gasteiger partial charge >= 0.3 is 0 Å². The molecule has 0 radical (unpaired) electrons. The Morgan fingerprint density at radius 2 is 1.97 bits per heavy atom. The number of carbonyl (C=O) groups is 3. The highest BCUT2D eigenvalue weighted by molar-refractivity contribution is 6.07. The topological polar surface area (TPSA) is 79.8 Å². The van der Waals surface area contributed by atoms with Gasteiger partial charge in [-0.1, -0.05) is 12.1 Å². The van der Waals surface area contributed by atoms with Gasteiger partial charge in [0.1, 0.15) is 18.1 Å². The molecule has 1 fully saturated rings. The SMILES string of the molecule is CN1Cc2ccc(COc3cccc4c3CN(C3CCC(=O)CC3=O)C4=O)nc2C1. The van der Waals surface area contributed by atoms with Crippen LogP contribution >= 0.6 is 0 Å². The maximum atomic E-state index is 12.9. The molecule has 0 saturated heterocycles. The summed E-state index contributed by atoms with van der Waals surface area (Å²) in [5.41, 5.74) is 4.56. The summed E-state index contributed by atoms with van der Waals surface area (Å²) < 4.78 is 6.06. The minimum absolute atomic E-state index is 0.0440. The van der Waals surface area contributed by atoms with Gasteiger partial charge in [0.2, 0.25) is 0 Å². The smallest absolute Gasteiger partial charge is 0.255 e. The van der Waals surface area contributed by atoms with Crippen LogP contribution < -0.4 is 4.74 Å². The number of pyridine rings is 1. The van der Waals surface area contributed by atoms with Crippen LogP contribution in [0.3, 0.4) is 0 Å². The Morgan fingerprint density at radius 3 is 2.80 bits per heavy atom. The fraction of sp³-hybridized carbons (Fsp3) is 0.391. The summed E-state index contributed by atoms with van der Waals surface area (Å²) in [4.78, 5) is 45.3. The van der Waals surface area contributed by atoms with Gasteiger partial charge in [-0.3, -0.25) is 24.3 Å². The monoisotopic (exact) mass is 405 g/mol. The molecule has 0 bridgehead atoms. The number of rotatable bonds is 4. The third-order valence-electron chi connectivity index (χ3n) is 6.13. The van der Waals surface area contributed by atoms with E-state index in [0.717, 1.165) is 30.0 Å². The molecule has 3 aliphatic rings. The molecule has 1 atom stereocenters. The van der Waals surface area contributed by atoms with E-state index < -0.39 is 6.04 Å². The fourth-order valence-electron chi connectivity index (χ4n) is 4.59. The number of carbonyl (C=O) groups excluding carboxylic acids is 3. The number of hydrogen-bond acceptors (Lipinski definition) is 6. The molecule has 1 amide bonds. The lowest BCUT2D eigenvalue weighted by Crippen LogP contribution is -2.44. The summed E-state index contributed by atoms with van der Waals surface area (Å²) in [6.45, 7) is 2.40. The van der Waals surface area contributed by atoms with E-state index in [4.69, 9.17) is 9.72 Å². The number of hydrogen-bond donors (Lipinski definition) is 0. The molecule has 30 heavy (non-hydrogen) atoms. The Hall–Kier alpha value is -3.06. The standard InChI is InChI=1S/C23H23N3O4/c1-25-10-14-5-6-15(24-19(14)12-25)13-30-22-4-2-3-17-18(22)11-26(23(17)29)20-8-7-16(27)9-21(20)28/h2-6,20H,7-13H2,1H3. The van der Waals surface area contributed by atoms with Crippen molar-refractivity contribution in [1.29, 1.82) is 0 Å². The van der Waals surface area contributed by atoms with Crippen LogP contribution in [0, 0.1) is 0 Å². The van der Waals surface area contributed by atoms with Gasteiger partial charge < -0.3 is 9.64 Å². The average molecular weight is 405 g/mol. The molecule has 2 aromatic rings. The third kappa shape index (κ3) is 3.29. The van der Waals surface area contributed by atoms with Crippen LogP contribution in [0.25, 0.3) is 0 Å². The molecule has 1 aromatic carbocycles. The number of ether oxygens (including phenoxy) is 1. The summed E-state index contributed by atoms with van der Waals surface area (Å²) in [6, 6.07) is 8.98. The van der Waals surface area contributed by atoms with Crippen LogP contribution in [0.2, 0.25) is 0 Å². The van der Waals surface area contributed by atoms with E-state index in [9.17, 15) is 14.4 Å². The van der Waals surface area contributed by atoms with Crippen LogP contribution in [-0.4, -0.2) is 45.3 Å². The van der Waals surface area contributed by atoms with Gasteiger partial charge in [-0.15, -0.1) is 0 Å². The van der Waals surface area contributed by atoms with Gasteiger partial charge in [0.15, 0.2) is 5.78 Å². The normalized spacial score (nSPS) is 21.2. The first-order valence-corrected chi connectivity index (χ1v) is 10.3. The number of fused-ring (bicyclic) bond motifs is 2.